The summed E-state index contributed by atoms with van der Waals surface area (Å²) in [6, 6.07) is 0. The quantitative estimate of drug-likeness (QED) is 0.853. The maximum absolute atomic E-state index is 11.3. The lowest BCUT2D eigenvalue weighted by Crippen LogP contribution is -2.15. The van der Waals surface area contributed by atoms with Crippen LogP contribution in [0.25, 0.3) is 0 Å². The number of hydrogen-bond acceptors (Lipinski definition) is 3. The molecule has 1 fully saturated rings. The Bertz CT molecular complexity index is 447. The van der Waals surface area contributed by atoms with E-state index in [-0.39, 0.29) is 5.69 Å². The lowest BCUT2D eigenvalue weighted by molar-refractivity contribution is 0.0687. The third kappa shape index (κ3) is 1.69. The normalized spacial score (nSPS) is 20.0. The van der Waals surface area contributed by atoms with Crippen LogP contribution < -0.4 is 4.74 Å². The van der Waals surface area contributed by atoms with Crippen molar-refractivity contribution in [3.05, 3.63) is 11.3 Å². The molecule has 1 N–H and O–H groups in total. The Morgan fingerprint density at radius 3 is 2.82 bits per heavy atom. The summed E-state index contributed by atoms with van der Waals surface area (Å²) in [5.41, 5.74) is 1.04. The molecule has 1 aliphatic heterocycles. The van der Waals surface area contributed by atoms with Gasteiger partial charge in [0, 0.05) is 13.0 Å². The molecule has 1 aromatic heterocycles. The number of aromatic carboxylic acids is 1. The summed E-state index contributed by atoms with van der Waals surface area (Å²) < 4.78 is 7.36. The zero-order chi connectivity index (χ0) is 11.8. The molecule has 0 unspecified atom stereocenters. The van der Waals surface area contributed by atoms with Crippen molar-refractivity contribution < 1.29 is 14.6 Å². The zero-order valence-corrected chi connectivity index (χ0v) is 9.69. The first-order valence-electron chi connectivity index (χ1n) is 6.24. The minimum Gasteiger partial charge on any atom is -0.478 e. The number of ether oxygens (including phenoxy) is 1. The number of carboxylic acids is 1. The summed E-state index contributed by atoms with van der Waals surface area (Å²) in [6.45, 7) is 1.44. The summed E-state index contributed by atoms with van der Waals surface area (Å²) in [7, 11) is 0. The molecular formula is C12H16N2O3. The molecule has 1 aliphatic carbocycles. The van der Waals surface area contributed by atoms with Crippen LogP contribution in [0.4, 0.5) is 0 Å². The molecule has 0 radical (unpaired) electrons. The van der Waals surface area contributed by atoms with Crippen molar-refractivity contribution in [2.75, 3.05) is 6.61 Å². The van der Waals surface area contributed by atoms with Gasteiger partial charge in [-0.1, -0.05) is 12.8 Å². The molecule has 2 aliphatic rings. The van der Waals surface area contributed by atoms with Crippen LogP contribution in [0.15, 0.2) is 0 Å². The minimum atomic E-state index is -0.933. The Morgan fingerprint density at radius 2 is 2.12 bits per heavy atom. The van der Waals surface area contributed by atoms with E-state index in [0.29, 0.717) is 18.4 Å². The van der Waals surface area contributed by atoms with Crippen LogP contribution >= 0.6 is 0 Å². The summed E-state index contributed by atoms with van der Waals surface area (Å²) in [6.07, 6.45) is 5.37. The Labute approximate surface area is 99.4 Å². The highest BCUT2D eigenvalue weighted by molar-refractivity contribution is 5.88. The second-order valence-electron chi connectivity index (χ2n) is 4.78. The van der Waals surface area contributed by atoms with E-state index < -0.39 is 5.97 Å². The highest BCUT2D eigenvalue weighted by atomic mass is 16.5. The Balaban J connectivity index is 2.08. The third-order valence-corrected chi connectivity index (χ3v) is 3.66. The molecule has 17 heavy (non-hydrogen) atoms. The number of carboxylic acid groups (broad SMARTS) is 1. The van der Waals surface area contributed by atoms with Gasteiger partial charge in [0.1, 0.15) is 0 Å². The maximum Gasteiger partial charge on any atom is 0.356 e. The number of rotatable bonds is 2. The molecule has 0 aromatic carbocycles. The van der Waals surface area contributed by atoms with Crippen molar-refractivity contribution in [3.63, 3.8) is 0 Å². The van der Waals surface area contributed by atoms with Crippen LogP contribution in [0, 0.1) is 0 Å². The van der Waals surface area contributed by atoms with E-state index >= 15 is 0 Å². The second kappa shape index (κ2) is 4.05. The van der Waals surface area contributed by atoms with Gasteiger partial charge in [-0.05, 0) is 18.8 Å². The Hall–Kier alpha value is -1.52. The second-order valence-corrected chi connectivity index (χ2v) is 4.78. The molecule has 5 nitrogen and oxygen atoms in total. The number of fused-ring (bicyclic) bond motifs is 1. The lowest BCUT2D eigenvalue weighted by atomic mass is 9.97. The van der Waals surface area contributed by atoms with Crippen molar-refractivity contribution in [3.8, 4) is 5.88 Å². The van der Waals surface area contributed by atoms with Gasteiger partial charge in [0.25, 0.3) is 0 Å². The molecule has 0 atom stereocenters. The number of aryl methyl sites for hydroxylation is 1. The molecule has 1 aromatic rings. The predicted octanol–water partition coefficient (Wildman–Crippen LogP) is 2.02. The average molecular weight is 236 g/mol. The Kier molecular flexibility index (Phi) is 2.53. The predicted molar refractivity (Wildman–Crippen MR) is 60.5 cm³/mol. The van der Waals surface area contributed by atoms with Crippen LogP contribution in [0.3, 0.4) is 0 Å². The fourth-order valence-corrected chi connectivity index (χ4v) is 2.89. The molecule has 2 heterocycles. The summed E-state index contributed by atoms with van der Waals surface area (Å²) in [5.74, 6) is 0.0981. The molecule has 0 amide bonds. The van der Waals surface area contributed by atoms with Gasteiger partial charge in [0.15, 0.2) is 5.69 Å². The van der Waals surface area contributed by atoms with E-state index in [0.717, 1.165) is 31.4 Å². The van der Waals surface area contributed by atoms with E-state index in [1.54, 1.807) is 4.68 Å². The van der Waals surface area contributed by atoms with E-state index in [1.165, 1.54) is 12.8 Å². The molecule has 5 heteroatoms. The first-order valence-corrected chi connectivity index (χ1v) is 6.24. The van der Waals surface area contributed by atoms with Gasteiger partial charge < -0.3 is 9.84 Å². The highest BCUT2D eigenvalue weighted by Crippen LogP contribution is 2.41. The number of nitrogens with zero attached hydrogens (tertiary/aromatic N) is 2. The molecular weight excluding hydrogens is 220 g/mol. The molecule has 0 saturated heterocycles. The smallest absolute Gasteiger partial charge is 0.356 e. The van der Waals surface area contributed by atoms with Crippen LogP contribution in [-0.2, 0) is 6.54 Å². The number of aromatic nitrogens is 2. The first kappa shape index (κ1) is 10.6. The van der Waals surface area contributed by atoms with Gasteiger partial charge in [0.05, 0.1) is 12.2 Å². The minimum absolute atomic E-state index is 0.203. The van der Waals surface area contributed by atoms with Gasteiger partial charge in [-0.15, -0.1) is 0 Å². The monoisotopic (exact) mass is 236 g/mol. The number of carbonyl (C=O) groups is 1. The van der Waals surface area contributed by atoms with E-state index in [2.05, 4.69) is 5.10 Å². The maximum atomic E-state index is 11.3. The van der Waals surface area contributed by atoms with E-state index in [9.17, 15) is 9.90 Å². The van der Waals surface area contributed by atoms with Gasteiger partial charge in [-0.25, -0.2) is 9.48 Å². The van der Waals surface area contributed by atoms with E-state index in [1.807, 2.05) is 0 Å². The third-order valence-electron chi connectivity index (χ3n) is 3.66. The van der Waals surface area contributed by atoms with Gasteiger partial charge >= 0.3 is 5.97 Å². The first-order chi connectivity index (χ1) is 8.27. The van der Waals surface area contributed by atoms with Crippen LogP contribution in [-0.4, -0.2) is 27.5 Å². The van der Waals surface area contributed by atoms with Crippen molar-refractivity contribution in [1.29, 1.82) is 0 Å². The molecule has 0 bridgehead atoms. The van der Waals surface area contributed by atoms with Crippen LogP contribution in [0.1, 0.15) is 54.1 Å². The molecule has 0 spiro atoms. The standard InChI is InChI=1S/C12H16N2O3/c15-12(16)10-9(8-4-1-2-5-8)11-14(13-10)6-3-7-17-11/h8H,1-7H2,(H,15,16). The fourth-order valence-electron chi connectivity index (χ4n) is 2.89. The van der Waals surface area contributed by atoms with Gasteiger partial charge in [-0.2, -0.15) is 5.10 Å². The van der Waals surface area contributed by atoms with Crippen molar-refractivity contribution in [1.82, 2.24) is 9.78 Å². The zero-order valence-electron chi connectivity index (χ0n) is 9.69. The molecule has 3 rings (SSSR count). The Morgan fingerprint density at radius 1 is 1.35 bits per heavy atom. The van der Waals surface area contributed by atoms with Crippen molar-refractivity contribution in [2.45, 2.75) is 44.6 Å². The SMILES string of the molecule is O=C(O)c1nn2c(c1C1CCCC1)OCCC2. The molecule has 92 valence electrons. The van der Waals surface area contributed by atoms with Crippen LogP contribution in [0.2, 0.25) is 0 Å². The molecule has 1 saturated carbocycles. The summed E-state index contributed by atoms with van der Waals surface area (Å²) in [4.78, 5) is 11.3. The van der Waals surface area contributed by atoms with Gasteiger partial charge in [-0.3, -0.25) is 0 Å². The van der Waals surface area contributed by atoms with Crippen molar-refractivity contribution in [2.24, 2.45) is 0 Å². The number of hydrogen-bond donors (Lipinski definition) is 1. The van der Waals surface area contributed by atoms with Crippen molar-refractivity contribution >= 4 is 5.97 Å². The largest absolute Gasteiger partial charge is 0.478 e. The van der Waals surface area contributed by atoms with Crippen LogP contribution in [0.5, 0.6) is 5.88 Å². The van der Waals surface area contributed by atoms with Gasteiger partial charge in [0.2, 0.25) is 5.88 Å². The highest BCUT2D eigenvalue weighted by Gasteiger charge is 2.32. The fraction of sp³-hybridized carbons (Fsp3) is 0.667. The average Bonchev–Trinajstić information content (AvgIpc) is 2.94. The lowest BCUT2D eigenvalue weighted by Gasteiger charge is -2.18. The summed E-state index contributed by atoms with van der Waals surface area (Å²) in [5, 5.41) is 13.4. The summed E-state index contributed by atoms with van der Waals surface area (Å²) >= 11 is 0. The topological polar surface area (TPSA) is 64.3 Å². The van der Waals surface area contributed by atoms with E-state index in [4.69, 9.17) is 4.74 Å².